The van der Waals surface area contributed by atoms with E-state index in [4.69, 9.17) is 4.74 Å². The van der Waals surface area contributed by atoms with Crippen LogP contribution >= 0.6 is 0 Å². The van der Waals surface area contributed by atoms with Crippen LogP contribution in [0.5, 0.6) is 0 Å². The number of hydrogen-bond acceptors (Lipinski definition) is 4. The van der Waals surface area contributed by atoms with Crippen molar-refractivity contribution in [3.8, 4) is 0 Å². The maximum absolute atomic E-state index is 13.0. The summed E-state index contributed by atoms with van der Waals surface area (Å²) < 4.78 is 5.53. The van der Waals surface area contributed by atoms with Crippen molar-refractivity contribution in [1.82, 2.24) is 0 Å². The molecule has 4 aliphatic rings. The highest BCUT2D eigenvalue weighted by Gasteiger charge is 2.63. The second-order valence-electron chi connectivity index (χ2n) is 10.4. The molecule has 0 radical (unpaired) electrons. The molecule has 0 N–H and O–H groups in total. The normalized spacial score (nSPS) is 49.0. The van der Waals surface area contributed by atoms with E-state index >= 15 is 0 Å². The molecule has 0 aromatic carbocycles. The first-order valence-corrected chi connectivity index (χ1v) is 10.9. The summed E-state index contributed by atoms with van der Waals surface area (Å²) >= 11 is 0. The smallest absolute Gasteiger partial charge is 0.302 e. The Labute approximate surface area is 162 Å². The van der Waals surface area contributed by atoms with E-state index in [0.717, 1.165) is 44.9 Å². The lowest BCUT2D eigenvalue weighted by atomic mass is 9.44. The maximum Gasteiger partial charge on any atom is 0.302 e. The molecule has 0 spiro atoms. The number of fused-ring (bicyclic) bond motifs is 5. The lowest BCUT2D eigenvalue weighted by Gasteiger charge is -2.60. The summed E-state index contributed by atoms with van der Waals surface area (Å²) in [5.41, 5.74) is 0.123. The molecule has 0 aromatic heterocycles. The number of carbonyl (C=O) groups excluding carboxylic acids is 3. The predicted octanol–water partition coefficient (Wildman–Crippen LogP) is 4.35. The molecular weight excluding hydrogens is 340 g/mol. The highest BCUT2D eigenvalue weighted by molar-refractivity contribution is 5.93. The molecule has 4 rings (SSSR count). The summed E-state index contributed by atoms with van der Waals surface area (Å²) in [6.07, 6.45) is 7.91. The van der Waals surface area contributed by atoms with Gasteiger partial charge < -0.3 is 4.74 Å². The SMILES string of the molecule is CC(=O)O[C@H]1CC[C@@]2(C)[C@H](CC[C@H]3[C@H]4C(=O)C[C@@H](C(C)=O)[C@@]4(C)CC[C@@H]32)C1. The molecule has 150 valence electrons. The fourth-order valence-electron chi connectivity index (χ4n) is 7.96. The molecule has 0 saturated heterocycles. The lowest BCUT2D eigenvalue weighted by molar-refractivity contribution is -0.163. The molecule has 4 saturated carbocycles. The van der Waals surface area contributed by atoms with Gasteiger partial charge in [-0.1, -0.05) is 13.8 Å². The number of rotatable bonds is 2. The molecule has 4 nitrogen and oxygen atoms in total. The van der Waals surface area contributed by atoms with E-state index < -0.39 is 0 Å². The van der Waals surface area contributed by atoms with E-state index in [-0.39, 0.29) is 40.5 Å². The van der Waals surface area contributed by atoms with Crippen molar-refractivity contribution < 1.29 is 19.1 Å². The molecule has 0 amide bonds. The van der Waals surface area contributed by atoms with E-state index in [1.807, 2.05) is 0 Å². The first-order chi connectivity index (χ1) is 12.7. The second kappa shape index (κ2) is 6.42. The van der Waals surface area contributed by atoms with E-state index in [1.165, 1.54) is 6.92 Å². The molecule has 27 heavy (non-hydrogen) atoms. The Morgan fingerprint density at radius 2 is 1.70 bits per heavy atom. The van der Waals surface area contributed by atoms with Crippen LogP contribution in [0.15, 0.2) is 0 Å². The molecule has 4 heteroatoms. The van der Waals surface area contributed by atoms with Gasteiger partial charge in [-0.15, -0.1) is 0 Å². The quantitative estimate of drug-likeness (QED) is 0.675. The highest BCUT2D eigenvalue weighted by Crippen LogP contribution is 2.66. The monoisotopic (exact) mass is 374 g/mol. The Morgan fingerprint density at radius 1 is 1.00 bits per heavy atom. The number of ether oxygens (including phenoxy) is 1. The molecule has 0 heterocycles. The summed E-state index contributed by atoms with van der Waals surface area (Å²) in [6, 6.07) is 0. The molecule has 0 bridgehead atoms. The third-order valence-electron chi connectivity index (χ3n) is 9.20. The Morgan fingerprint density at radius 3 is 2.37 bits per heavy atom. The molecule has 4 aliphatic carbocycles. The minimum absolute atomic E-state index is 0.0683. The van der Waals surface area contributed by atoms with Crippen LogP contribution in [0.25, 0.3) is 0 Å². The highest BCUT2D eigenvalue weighted by atomic mass is 16.5. The maximum atomic E-state index is 13.0. The van der Waals surface area contributed by atoms with Crippen LogP contribution in [0.2, 0.25) is 0 Å². The van der Waals surface area contributed by atoms with Crippen molar-refractivity contribution >= 4 is 17.5 Å². The topological polar surface area (TPSA) is 60.4 Å². The van der Waals surface area contributed by atoms with Crippen LogP contribution < -0.4 is 0 Å². The first-order valence-electron chi connectivity index (χ1n) is 10.9. The van der Waals surface area contributed by atoms with Crippen LogP contribution in [-0.2, 0) is 19.1 Å². The van der Waals surface area contributed by atoms with Gasteiger partial charge in [-0.25, -0.2) is 0 Å². The predicted molar refractivity (Wildman–Crippen MR) is 102 cm³/mol. The number of ketones is 2. The van der Waals surface area contributed by atoms with Crippen molar-refractivity contribution in [2.75, 3.05) is 0 Å². The number of esters is 1. The van der Waals surface area contributed by atoms with E-state index in [9.17, 15) is 14.4 Å². The largest absolute Gasteiger partial charge is 0.463 e. The van der Waals surface area contributed by atoms with Gasteiger partial charge in [0.1, 0.15) is 17.7 Å². The molecular formula is C23H34O4. The zero-order valence-electron chi connectivity index (χ0n) is 17.3. The van der Waals surface area contributed by atoms with Gasteiger partial charge in [-0.05, 0) is 80.5 Å². The number of carbonyl (C=O) groups is 3. The van der Waals surface area contributed by atoms with Crippen molar-refractivity contribution in [2.24, 2.45) is 40.4 Å². The summed E-state index contributed by atoms with van der Waals surface area (Å²) in [5, 5.41) is 0. The van der Waals surface area contributed by atoms with Crippen LogP contribution in [0.1, 0.15) is 79.1 Å². The number of hydrogen-bond donors (Lipinski definition) is 0. The fourth-order valence-corrected chi connectivity index (χ4v) is 7.96. The number of Topliss-reactive ketones (excluding diaryl/α,β-unsaturated/α-hetero) is 2. The van der Waals surface area contributed by atoms with Gasteiger partial charge in [-0.3, -0.25) is 14.4 Å². The fraction of sp³-hybridized carbons (Fsp3) is 0.870. The molecule has 8 atom stereocenters. The van der Waals surface area contributed by atoms with Crippen LogP contribution in [0.3, 0.4) is 0 Å². The van der Waals surface area contributed by atoms with Crippen molar-refractivity contribution in [2.45, 2.75) is 85.2 Å². The minimum atomic E-state index is -0.169. The van der Waals surface area contributed by atoms with Crippen molar-refractivity contribution in [3.63, 3.8) is 0 Å². The van der Waals surface area contributed by atoms with E-state index in [2.05, 4.69) is 13.8 Å². The Hall–Kier alpha value is -1.19. The Bertz CT molecular complexity index is 669. The van der Waals surface area contributed by atoms with Gasteiger partial charge >= 0.3 is 5.97 Å². The van der Waals surface area contributed by atoms with Gasteiger partial charge in [0.2, 0.25) is 0 Å². The minimum Gasteiger partial charge on any atom is -0.463 e. The van der Waals surface area contributed by atoms with Gasteiger partial charge in [0.05, 0.1) is 0 Å². The average molecular weight is 375 g/mol. The first kappa shape index (κ1) is 19.1. The van der Waals surface area contributed by atoms with Gasteiger partial charge in [0.15, 0.2) is 0 Å². The van der Waals surface area contributed by atoms with E-state index in [1.54, 1.807) is 6.92 Å². The van der Waals surface area contributed by atoms with Crippen molar-refractivity contribution in [1.29, 1.82) is 0 Å². The standard InChI is InChI=1S/C23H34O4/c1-13(24)19-12-20(26)21-17-6-5-15-11-16(27-14(2)25)7-9-22(15,3)18(17)8-10-23(19,21)4/h15-19,21H,5-12H2,1-4H3/t15-,16+,17-,18+,19+,21+,22+,23-/m1/s1. The molecule has 4 fully saturated rings. The summed E-state index contributed by atoms with van der Waals surface area (Å²) in [4.78, 5) is 36.6. The lowest BCUT2D eigenvalue weighted by Crippen LogP contribution is -2.55. The summed E-state index contributed by atoms with van der Waals surface area (Å²) in [7, 11) is 0. The molecule has 0 aliphatic heterocycles. The van der Waals surface area contributed by atoms with Crippen LogP contribution in [0, 0.1) is 40.4 Å². The van der Waals surface area contributed by atoms with Gasteiger partial charge in [-0.2, -0.15) is 0 Å². The Balaban J connectivity index is 1.58. The van der Waals surface area contributed by atoms with Gasteiger partial charge in [0.25, 0.3) is 0 Å². The zero-order valence-corrected chi connectivity index (χ0v) is 17.3. The second-order valence-corrected chi connectivity index (χ2v) is 10.4. The Kier molecular flexibility index (Phi) is 4.55. The van der Waals surface area contributed by atoms with Crippen LogP contribution in [-0.4, -0.2) is 23.6 Å². The van der Waals surface area contributed by atoms with E-state index in [0.29, 0.717) is 30.0 Å². The van der Waals surface area contributed by atoms with Crippen molar-refractivity contribution in [3.05, 3.63) is 0 Å². The molecule has 0 unspecified atom stereocenters. The third-order valence-corrected chi connectivity index (χ3v) is 9.20. The molecule has 0 aromatic rings. The summed E-state index contributed by atoms with van der Waals surface area (Å²) in [6.45, 7) is 7.83. The third kappa shape index (κ3) is 2.81. The van der Waals surface area contributed by atoms with Crippen LogP contribution in [0.4, 0.5) is 0 Å². The van der Waals surface area contributed by atoms with Gasteiger partial charge in [0, 0.05) is 25.2 Å². The summed E-state index contributed by atoms with van der Waals surface area (Å²) in [5.74, 6) is 1.99. The zero-order chi connectivity index (χ0) is 19.6. The average Bonchev–Trinajstić information content (AvgIpc) is 2.86.